The molecule has 1 rings (SSSR count). The van der Waals surface area contributed by atoms with Crippen LogP contribution in [0.5, 0.6) is 0 Å². The van der Waals surface area contributed by atoms with Crippen molar-refractivity contribution in [3.8, 4) is 0 Å². The average molecular weight is 336 g/mol. The van der Waals surface area contributed by atoms with Gasteiger partial charge in [0, 0.05) is 11.8 Å². The quantitative estimate of drug-likeness (QED) is 0.402. The molecule has 1 heterocycles. The van der Waals surface area contributed by atoms with Crippen LogP contribution in [-0.2, 0) is 19.2 Å². The van der Waals surface area contributed by atoms with Crippen molar-refractivity contribution in [2.45, 2.75) is 60.3 Å². The van der Waals surface area contributed by atoms with Gasteiger partial charge in [-0.1, -0.05) is 13.8 Å². The van der Waals surface area contributed by atoms with Crippen molar-refractivity contribution >= 4 is 11.9 Å². The number of cyclic esters (lactones) is 1. The molecule has 0 amide bonds. The smallest absolute Gasteiger partial charge is 0.347 e. The summed E-state index contributed by atoms with van der Waals surface area (Å²) in [6, 6.07) is 0. The standard InChI is InChI=1S/C6H10O2.C5H10O3.C5H12O2/c7-6-4-2-1-3-5-8-6;1-5(2,3)4(6)8-7;1-5(2,3-6)4-7/h1-5H2;7H,1-3H3;6-7H,3-4H2,1-2H3. The first-order valence-electron chi connectivity index (χ1n) is 7.73. The third kappa shape index (κ3) is 15.5. The van der Waals surface area contributed by atoms with E-state index < -0.39 is 11.4 Å². The number of aliphatic hydroxyl groups excluding tert-OH is 2. The first-order valence-corrected chi connectivity index (χ1v) is 7.73. The number of esters is 1. The molecule has 23 heavy (non-hydrogen) atoms. The fourth-order valence-electron chi connectivity index (χ4n) is 0.993. The second kappa shape index (κ2) is 12.3. The maximum atomic E-state index is 10.5. The molecule has 1 aliphatic heterocycles. The van der Waals surface area contributed by atoms with E-state index in [0.717, 1.165) is 19.3 Å². The summed E-state index contributed by atoms with van der Waals surface area (Å²) in [7, 11) is 0. The Morgan fingerprint density at radius 3 is 1.91 bits per heavy atom. The lowest BCUT2D eigenvalue weighted by molar-refractivity contribution is -0.243. The van der Waals surface area contributed by atoms with Crippen LogP contribution in [0.4, 0.5) is 0 Å². The number of rotatable bonds is 2. The van der Waals surface area contributed by atoms with Crippen LogP contribution in [-0.4, -0.2) is 47.2 Å². The van der Waals surface area contributed by atoms with Gasteiger partial charge in [0.2, 0.25) is 0 Å². The van der Waals surface area contributed by atoms with Gasteiger partial charge in [-0.3, -0.25) is 4.79 Å². The summed E-state index contributed by atoms with van der Waals surface area (Å²) in [5.74, 6) is -0.639. The van der Waals surface area contributed by atoms with Gasteiger partial charge in [0.25, 0.3) is 0 Å². The fraction of sp³-hybridized carbons (Fsp3) is 0.875. The van der Waals surface area contributed by atoms with E-state index in [1.165, 1.54) is 0 Å². The lowest BCUT2D eigenvalue weighted by Gasteiger charge is -2.16. The van der Waals surface area contributed by atoms with Gasteiger partial charge >= 0.3 is 11.9 Å². The monoisotopic (exact) mass is 336 g/mol. The summed E-state index contributed by atoms with van der Waals surface area (Å²) < 4.78 is 4.76. The van der Waals surface area contributed by atoms with Gasteiger partial charge in [-0.25, -0.2) is 4.79 Å². The Bertz CT molecular complexity index is 316. The third-order valence-corrected chi connectivity index (χ3v) is 2.84. The minimum Gasteiger partial charge on any atom is -0.466 e. The fourth-order valence-corrected chi connectivity index (χ4v) is 0.993. The van der Waals surface area contributed by atoms with Crippen LogP contribution >= 0.6 is 0 Å². The number of aliphatic hydroxyl groups is 2. The van der Waals surface area contributed by atoms with Crippen LogP contribution in [0.1, 0.15) is 60.3 Å². The lowest BCUT2D eigenvalue weighted by Crippen LogP contribution is -2.21. The summed E-state index contributed by atoms with van der Waals surface area (Å²) in [5.41, 5.74) is -0.908. The van der Waals surface area contributed by atoms with Crippen LogP contribution in [0.15, 0.2) is 0 Å². The molecule has 0 spiro atoms. The average Bonchev–Trinajstić information content (AvgIpc) is 2.74. The molecule has 0 unspecified atom stereocenters. The summed E-state index contributed by atoms with van der Waals surface area (Å²) >= 11 is 0. The SMILES string of the molecule is CC(C)(C)C(=O)OO.CC(C)(CO)CO.O=C1CCCCCO1. The Morgan fingerprint density at radius 2 is 1.61 bits per heavy atom. The molecule has 0 aromatic heterocycles. The molecule has 138 valence electrons. The molecule has 0 bridgehead atoms. The van der Waals surface area contributed by atoms with E-state index in [2.05, 4.69) is 4.89 Å². The van der Waals surface area contributed by atoms with Crippen molar-refractivity contribution in [3.05, 3.63) is 0 Å². The molecular formula is C16H32O7. The second-order valence-electron chi connectivity index (χ2n) is 7.14. The van der Waals surface area contributed by atoms with E-state index in [0.29, 0.717) is 13.0 Å². The highest BCUT2D eigenvalue weighted by Gasteiger charge is 2.22. The van der Waals surface area contributed by atoms with E-state index in [9.17, 15) is 9.59 Å². The first kappa shape index (κ1) is 24.1. The minimum atomic E-state index is -0.613. The zero-order chi connectivity index (χ0) is 18.5. The van der Waals surface area contributed by atoms with E-state index >= 15 is 0 Å². The molecule has 0 aliphatic carbocycles. The van der Waals surface area contributed by atoms with Crippen LogP contribution in [0.25, 0.3) is 0 Å². The van der Waals surface area contributed by atoms with Gasteiger partial charge < -0.3 is 19.8 Å². The number of hydrogen-bond donors (Lipinski definition) is 3. The van der Waals surface area contributed by atoms with Gasteiger partial charge in [-0.2, -0.15) is 5.26 Å². The molecule has 3 N–H and O–H groups in total. The molecular weight excluding hydrogens is 304 g/mol. The molecule has 0 radical (unpaired) electrons. The van der Waals surface area contributed by atoms with Gasteiger partial charge in [-0.05, 0) is 40.0 Å². The van der Waals surface area contributed by atoms with Crippen LogP contribution < -0.4 is 0 Å². The van der Waals surface area contributed by atoms with Crippen molar-refractivity contribution in [2.24, 2.45) is 10.8 Å². The zero-order valence-electron chi connectivity index (χ0n) is 14.9. The highest BCUT2D eigenvalue weighted by molar-refractivity contribution is 5.74. The summed E-state index contributed by atoms with van der Waals surface area (Å²) in [6.07, 6.45) is 3.83. The van der Waals surface area contributed by atoms with E-state index in [-0.39, 0.29) is 24.6 Å². The Hall–Kier alpha value is -1.18. The second-order valence-corrected chi connectivity index (χ2v) is 7.14. The Balaban J connectivity index is 0. The molecule has 0 aromatic carbocycles. The lowest BCUT2D eigenvalue weighted by atomic mass is 9.97. The Kier molecular flexibility index (Phi) is 12.8. The maximum absolute atomic E-state index is 10.5. The van der Waals surface area contributed by atoms with E-state index in [1.807, 2.05) is 0 Å². The van der Waals surface area contributed by atoms with Crippen LogP contribution in [0.2, 0.25) is 0 Å². The molecule has 1 aliphatic rings. The van der Waals surface area contributed by atoms with E-state index in [4.69, 9.17) is 20.2 Å². The van der Waals surface area contributed by atoms with Crippen molar-refractivity contribution in [1.29, 1.82) is 0 Å². The minimum absolute atomic E-state index is 0.0255. The molecule has 7 heteroatoms. The molecule has 0 atom stereocenters. The topological polar surface area (TPSA) is 113 Å². The molecule has 1 saturated heterocycles. The summed E-state index contributed by atoms with van der Waals surface area (Å²) in [4.78, 5) is 24.3. The third-order valence-electron chi connectivity index (χ3n) is 2.84. The first-order chi connectivity index (χ1) is 10.5. The predicted molar refractivity (Wildman–Crippen MR) is 85.6 cm³/mol. The van der Waals surface area contributed by atoms with Crippen molar-refractivity contribution in [3.63, 3.8) is 0 Å². The maximum Gasteiger partial charge on any atom is 0.347 e. The number of ether oxygens (including phenoxy) is 1. The molecule has 1 fully saturated rings. The number of hydrogen-bond acceptors (Lipinski definition) is 7. The van der Waals surface area contributed by atoms with Crippen molar-refractivity contribution < 1.29 is 34.7 Å². The van der Waals surface area contributed by atoms with Crippen molar-refractivity contribution in [1.82, 2.24) is 0 Å². The molecule has 0 saturated carbocycles. The van der Waals surface area contributed by atoms with Crippen molar-refractivity contribution in [2.75, 3.05) is 19.8 Å². The van der Waals surface area contributed by atoms with Gasteiger partial charge in [0.1, 0.15) is 0 Å². The Morgan fingerprint density at radius 1 is 1.09 bits per heavy atom. The highest BCUT2D eigenvalue weighted by atomic mass is 17.1. The van der Waals surface area contributed by atoms with E-state index in [1.54, 1.807) is 34.6 Å². The van der Waals surface area contributed by atoms with Crippen LogP contribution in [0, 0.1) is 10.8 Å². The van der Waals surface area contributed by atoms with Crippen LogP contribution in [0.3, 0.4) is 0 Å². The number of carbonyl (C=O) groups is 2. The summed E-state index contributed by atoms with van der Waals surface area (Å²) in [6.45, 7) is 9.30. The summed E-state index contributed by atoms with van der Waals surface area (Å²) in [5, 5.41) is 24.7. The largest absolute Gasteiger partial charge is 0.466 e. The van der Waals surface area contributed by atoms with Gasteiger partial charge in [0.15, 0.2) is 0 Å². The zero-order valence-corrected chi connectivity index (χ0v) is 14.9. The predicted octanol–water partition coefficient (Wildman–Crippen LogP) is 2.15. The Labute approximate surface area is 138 Å². The molecule has 0 aromatic rings. The number of carbonyl (C=O) groups excluding carboxylic acids is 2. The van der Waals surface area contributed by atoms with Gasteiger partial charge in [0.05, 0.1) is 25.2 Å². The highest BCUT2D eigenvalue weighted by Crippen LogP contribution is 2.13. The van der Waals surface area contributed by atoms with Gasteiger partial charge in [-0.15, -0.1) is 0 Å². The normalized spacial score (nSPS) is 15.0. The molecule has 7 nitrogen and oxygen atoms in total.